The first kappa shape index (κ1) is 29.2. The minimum absolute atomic E-state index is 0.00238. The molecule has 2 unspecified atom stereocenters. The lowest BCUT2D eigenvalue weighted by Crippen LogP contribution is -2.43. The van der Waals surface area contributed by atoms with E-state index in [0.29, 0.717) is 22.6 Å². The van der Waals surface area contributed by atoms with Crippen molar-refractivity contribution < 1.29 is 32.3 Å². The van der Waals surface area contributed by atoms with Gasteiger partial charge in [0.1, 0.15) is 5.84 Å². The largest absolute Gasteiger partial charge is 0.452 e. The van der Waals surface area contributed by atoms with Gasteiger partial charge in [0.2, 0.25) is 0 Å². The summed E-state index contributed by atoms with van der Waals surface area (Å²) in [5.74, 6) is -0.442. The molecule has 2 atom stereocenters. The highest BCUT2D eigenvalue weighted by Crippen LogP contribution is 2.50. The summed E-state index contributed by atoms with van der Waals surface area (Å²) in [6, 6.07) is 7.93. The lowest BCUT2D eigenvalue weighted by molar-refractivity contribution is -0.275. The van der Waals surface area contributed by atoms with Crippen LogP contribution in [-0.4, -0.2) is 41.7 Å². The van der Waals surface area contributed by atoms with Gasteiger partial charge in [0.25, 0.3) is 11.5 Å². The standard InChI is InChI=1S/C28H21Cl3F3N3O4/c1-14-5-15(23-12-27(41-36-23,28(32,33)34)18-9-19(29)11-20(30)10-18)3-4-22(14)25(38)37(26(39)40-2)24-8-17-6-16(17)7-21(31)13-35-24/h3-5,7,9-11,13,17H,6,8,12H2,1-2H3. The number of amidine groups is 1. The Balaban J connectivity index is 1.45. The highest BCUT2D eigenvalue weighted by molar-refractivity contribution is 6.34. The summed E-state index contributed by atoms with van der Waals surface area (Å²) in [4.78, 5) is 36.5. The van der Waals surface area contributed by atoms with Gasteiger partial charge in [0, 0.05) is 40.2 Å². The molecule has 0 bridgehead atoms. The molecule has 2 aromatic carbocycles. The second kappa shape index (κ2) is 10.8. The number of nitrogens with zero attached hydrogens (tertiary/aromatic N) is 3. The van der Waals surface area contributed by atoms with Crippen molar-refractivity contribution in [1.82, 2.24) is 4.90 Å². The van der Waals surface area contributed by atoms with Crippen LogP contribution in [0.15, 0.2) is 69.4 Å². The van der Waals surface area contributed by atoms with Crippen molar-refractivity contribution in [3.63, 3.8) is 0 Å². The van der Waals surface area contributed by atoms with Crippen molar-refractivity contribution >= 4 is 58.4 Å². The number of fused-ring (bicyclic) bond motifs is 1. The van der Waals surface area contributed by atoms with E-state index in [9.17, 15) is 22.8 Å². The van der Waals surface area contributed by atoms with E-state index in [4.69, 9.17) is 44.4 Å². The number of carbonyl (C=O) groups excluding carboxylic acids is 2. The fourth-order valence-electron chi connectivity index (χ4n) is 4.82. The lowest BCUT2D eigenvalue weighted by atomic mass is 9.86. The average molecular weight is 627 g/mol. The number of rotatable bonds is 3. The molecule has 0 spiro atoms. The Morgan fingerprint density at radius 1 is 1.10 bits per heavy atom. The van der Waals surface area contributed by atoms with Crippen molar-refractivity contribution in [1.29, 1.82) is 0 Å². The zero-order valence-electron chi connectivity index (χ0n) is 21.6. The fraction of sp³-hybridized carbons (Fsp3) is 0.286. The molecule has 2 aliphatic heterocycles. The molecule has 214 valence electrons. The van der Waals surface area contributed by atoms with Crippen molar-refractivity contribution in [3.05, 3.63) is 91.6 Å². The summed E-state index contributed by atoms with van der Waals surface area (Å²) in [6.45, 7) is 1.59. The van der Waals surface area contributed by atoms with Gasteiger partial charge in [-0.25, -0.2) is 9.79 Å². The van der Waals surface area contributed by atoms with Gasteiger partial charge in [-0.2, -0.15) is 18.1 Å². The number of halogens is 6. The summed E-state index contributed by atoms with van der Waals surface area (Å²) in [5.41, 5.74) is -1.20. The molecule has 2 amide bonds. The zero-order valence-corrected chi connectivity index (χ0v) is 23.8. The van der Waals surface area contributed by atoms with Gasteiger partial charge in [-0.15, -0.1) is 0 Å². The van der Waals surface area contributed by atoms with E-state index in [-0.39, 0.29) is 38.6 Å². The SMILES string of the molecule is COC(=O)N(C(=O)c1ccc(C2=NOC(c3cc(Cl)cc(Cl)c3)(C(F)(F)F)C2)cc1C)C1=NC=C(Cl)C=C2CC2C1. The van der Waals surface area contributed by atoms with E-state index in [1.807, 2.05) is 6.08 Å². The molecule has 0 saturated heterocycles. The number of hydrogen-bond acceptors (Lipinski definition) is 6. The summed E-state index contributed by atoms with van der Waals surface area (Å²) in [5, 5.41) is 4.16. The number of aliphatic imine (C=N–C) groups is 1. The Hall–Kier alpha value is -3.34. The number of hydrogen-bond donors (Lipinski definition) is 0. The predicted molar refractivity (Wildman–Crippen MR) is 148 cm³/mol. The minimum atomic E-state index is -4.86. The molecule has 2 aromatic rings. The van der Waals surface area contributed by atoms with E-state index in [0.717, 1.165) is 36.1 Å². The highest BCUT2D eigenvalue weighted by atomic mass is 35.5. The van der Waals surface area contributed by atoms with Crippen LogP contribution in [-0.2, 0) is 15.2 Å². The topological polar surface area (TPSA) is 80.6 Å². The third-order valence-corrected chi connectivity index (χ3v) is 7.70. The Labute approximate surface area is 247 Å². The smallest absolute Gasteiger partial charge is 0.435 e. The lowest BCUT2D eigenvalue weighted by Gasteiger charge is -2.29. The van der Waals surface area contributed by atoms with Crippen LogP contribution in [0.4, 0.5) is 18.0 Å². The molecule has 0 aromatic heterocycles. The van der Waals surface area contributed by atoms with Crippen LogP contribution >= 0.6 is 34.8 Å². The average Bonchev–Trinajstić information content (AvgIpc) is 3.41. The fourth-order valence-corrected chi connectivity index (χ4v) is 5.54. The molecular formula is C28H21Cl3F3N3O4. The molecule has 1 saturated carbocycles. The summed E-state index contributed by atoms with van der Waals surface area (Å²) in [6.07, 6.45) is -2.19. The number of carbonyl (C=O) groups is 2. The van der Waals surface area contributed by atoms with Gasteiger partial charge in [-0.3, -0.25) is 4.79 Å². The van der Waals surface area contributed by atoms with Crippen LogP contribution in [0.5, 0.6) is 0 Å². The van der Waals surface area contributed by atoms with Crippen molar-refractivity contribution in [2.75, 3.05) is 7.11 Å². The van der Waals surface area contributed by atoms with Crippen molar-refractivity contribution in [3.8, 4) is 0 Å². The second-order valence-electron chi connectivity index (χ2n) is 9.81. The molecular weight excluding hydrogens is 606 g/mol. The molecule has 1 fully saturated rings. The number of imide groups is 1. The first-order valence-electron chi connectivity index (χ1n) is 12.3. The Kier molecular flexibility index (Phi) is 7.69. The number of aryl methyl sites for hydroxylation is 1. The maximum absolute atomic E-state index is 14.4. The predicted octanol–water partition coefficient (Wildman–Crippen LogP) is 7.92. The number of allylic oxidation sites excluding steroid dienone is 3. The number of benzene rings is 2. The van der Waals surface area contributed by atoms with Crippen LogP contribution in [0.1, 0.15) is 46.3 Å². The molecule has 1 aliphatic carbocycles. The van der Waals surface area contributed by atoms with E-state index >= 15 is 0 Å². The zero-order chi connectivity index (χ0) is 29.7. The van der Waals surface area contributed by atoms with Crippen molar-refractivity contribution in [2.24, 2.45) is 16.1 Å². The van der Waals surface area contributed by atoms with E-state index in [1.54, 1.807) is 6.92 Å². The molecule has 2 heterocycles. The first-order valence-corrected chi connectivity index (χ1v) is 13.4. The first-order chi connectivity index (χ1) is 19.3. The normalized spacial score (nSPS) is 21.7. The molecule has 0 radical (unpaired) electrons. The maximum atomic E-state index is 14.4. The molecule has 13 heteroatoms. The Morgan fingerprint density at radius 2 is 1.80 bits per heavy atom. The van der Waals surface area contributed by atoms with Crippen LogP contribution in [0, 0.1) is 12.8 Å². The van der Waals surface area contributed by atoms with E-state index in [2.05, 4.69) is 10.1 Å². The van der Waals surface area contributed by atoms with Crippen LogP contribution in [0.2, 0.25) is 10.0 Å². The maximum Gasteiger partial charge on any atom is 0.435 e. The van der Waals surface area contributed by atoms with E-state index in [1.165, 1.54) is 30.5 Å². The van der Waals surface area contributed by atoms with Gasteiger partial charge in [-0.05, 0) is 66.8 Å². The number of amides is 2. The number of oxime groups is 1. The molecule has 7 nitrogen and oxygen atoms in total. The minimum Gasteiger partial charge on any atom is -0.452 e. The Bertz CT molecular complexity index is 1560. The molecule has 41 heavy (non-hydrogen) atoms. The quantitative estimate of drug-likeness (QED) is 0.347. The number of methoxy groups -OCH3 is 1. The van der Waals surface area contributed by atoms with Crippen LogP contribution in [0.3, 0.4) is 0 Å². The van der Waals surface area contributed by atoms with Gasteiger partial charge in [0.05, 0.1) is 17.9 Å². The molecule has 0 N–H and O–H groups in total. The summed E-state index contributed by atoms with van der Waals surface area (Å²) >= 11 is 18.1. The Morgan fingerprint density at radius 3 is 2.44 bits per heavy atom. The number of alkyl halides is 3. The third kappa shape index (κ3) is 5.60. The van der Waals surface area contributed by atoms with Gasteiger partial charge >= 0.3 is 12.3 Å². The third-order valence-electron chi connectivity index (χ3n) is 7.06. The summed E-state index contributed by atoms with van der Waals surface area (Å²) in [7, 11) is 1.14. The van der Waals surface area contributed by atoms with Gasteiger partial charge in [0.15, 0.2) is 0 Å². The van der Waals surface area contributed by atoms with Gasteiger partial charge < -0.3 is 9.57 Å². The monoisotopic (exact) mass is 625 g/mol. The number of ether oxygens (including phenoxy) is 1. The second-order valence-corrected chi connectivity index (χ2v) is 11.1. The highest BCUT2D eigenvalue weighted by Gasteiger charge is 2.62. The van der Waals surface area contributed by atoms with Crippen LogP contribution < -0.4 is 0 Å². The van der Waals surface area contributed by atoms with Crippen LogP contribution in [0.25, 0.3) is 0 Å². The van der Waals surface area contributed by atoms with E-state index < -0.39 is 30.2 Å². The molecule has 3 aliphatic rings. The van der Waals surface area contributed by atoms with Crippen molar-refractivity contribution in [2.45, 2.75) is 38.0 Å². The van der Waals surface area contributed by atoms with Gasteiger partial charge in [-0.1, -0.05) is 51.6 Å². The summed E-state index contributed by atoms with van der Waals surface area (Å²) < 4.78 is 48.0. The molecule has 5 rings (SSSR count).